The summed E-state index contributed by atoms with van der Waals surface area (Å²) < 4.78 is 19.5. The lowest BCUT2D eigenvalue weighted by molar-refractivity contribution is -0.380. The molecule has 3 heterocycles. The summed E-state index contributed by atoms with van der Waals surface area (Å²) in [6.07, 6.45) is 3.36. The topological polar surface area (TPSA) is 45.5 Å². The molecule has 3 aliphatic rings. The van der Waals surface area contributed by atoms with Crippen molar-refractivity contribution in [2.45, 2.75) is 64.4 Å². The average molecular weight is 417 g/mol. The molecular weight excluding hydrogens is 388 g/mol. The van der Waals surface area contributed by atoms with Gasteiger partial charge in [-0.1, -0.05) is 6.07 Å². The van der Waals surface area contributed by atoms with Gasteiger partial charge in [0.15, 0.2) is 12.6 Å². The van der Waals surface area contributed by atoms with Crippen molar-refractivity contribution in [1.29, 1.82) is 0 Å². The first-order valence-corrected chi connectivity index (χ1v) is 11.3. The third-order valence-corrected chi connectivity index (χ3v) is 7.07. The molecule has 0 spiro atoms. The molecular formula is C26H28N2O3. The van der Waals surface area contributed by atoms with E-state index in [1.807, 2.05) is 6.92 Å². The van der Waals surface area contributed by atoms with Crippen molar-refractivity contribution in [3.8, 4) is 22.8 Å². The van der Waals surface area contributed by atoms with Crippen LogP contribution in [0.15, 0.2) is 42.5 Å². The monoisotopic (exact) mass is 416 g/mol. The van der Waals surface area contributed by atoms with Gasteiger partial charge in [0, 0.05) is 22.5 Å². The Balaban J connectivity index is 1.38. The lowest BCUT2D eigenvalue weighted by atomic mass is 9.86. The normalized spacial score (nSPS) is 26.0. The van der Waals surface area contributed by atoms with Crippen LogP contribution in [0.5, 0.6) is 5.75 Å². The summed E-state index contributed by atoms with van der Waals surface area (Å²) in [6.45, 7) is 6.59. The van der Waals surface area contributed by atoms with E-state index in [2.05, 4.69) is 60.9 Å². The van der Waals surface area contributed by atoms with Gasteiger partial charge in [-0.25, -0.2) is 4.98 Å². The number of pyridine rings is 1. The molecule has 0 radical (unpaired) electrons. The van der Waals surface area contributed by atoms with Crippen LogP contribution in [0.3, 0.4) is 0 Å². The van der Waals surface area contributed by atoms with Gasteiger partial charge in [-0.05, 0) is 93.8 Å². The van der Waals surface area contributed by atoms with Crippen LogP contribution in [-0.4, -0.2) is 28.7 Å². The quantitative estimate of drug-likeness (QED) is 0.542. The van der Waals surface area contributed by atoms with Crippen molar-refractivity contribution in [3.63, 3.8) is 0 Å². The highest BCUT2D eigenvalue weighted by atomic mass is 16.9. The molecule has 1 aromatic carbocycles. The third kappa shape index (κ3) is 3.10. The summed E-state index contributed by atoms with van der Waals surface area (Å²) in [5.74, 6) is 3.17. The van der Waals surface area contributed by atoms with Crippen LogP contribution in [0, 0.1) is 13.8 Å². The largest absolute Gasteiger partial charge is 0.488 e. The summed E-state index contributed by atoms with van der Waals surface area (Å²) in [5, 5.41) is 0. The maximum atomic E-state index is 6.18. The molecule has 2 aliphatic carbocycles. The van der Waals surface area contributed by atoms with Gasteiger partial charge in [0.1, 0.15) is 18.2 Å². The predicted molar refractivity (Wildman–Crippen MR) is 119 cm³/mol. The van der Waals surface area contributed by atoms with E-state index >= 15 is 0 Å². The summed E-state index contributed by atoms with van der Waals surface area (Å²) in [4.78, 5) is 5.08. The first kappa shape index (κ1) is 19.1. The molecule has 2 bridgehead atoms. The van der Waals surface area contributed by atoms with E-state index < -0.39 is 0 Å². The molecule has 2 unspecified atom stereocenters. The molecule has 1 aliphatic heterocycles. The van der Waals surface area contributed by atoms with Crippen molar-refractivity contribution < 1.29 is 14.2 Å². The molecule has 1 saturated heterocycles. The second kappa shape index (κ2) is 7.21. The number of rotatable bonds is 5. The minimum Gasteiger partial charge on any atom is -0.488 e. The van der Waals surface area contributed by atoms with Crippen LogP contribution in [0.4, 0.5) is 0 Å². The first-order chi connectivity index (χ1) is 15.1. The highest BCUT2D eigenvalue weighted by molar-refractivity contribution is 5.72. The lowest BCUT2D eigenvalue weighted by Crippen LogP contribution is -2.42. The standard InChI is InChI=1S/C26H28N2O3/c1-15-7-8-16(2)28(15)23-6-4-5-21(27-23)20-11-12-22(29-14-24-30-17(3)31-24)26-19-10-9-18(13-19)25(20)26/h4-8,11-12,17-19,24H,9-10,13-14H2,1-3H3. The van der Waals surface area contributed by atoms with Gasteiger partial charge in [-0.15, -0.1) is 0 Å². The number of aromatic nitrogens is 2. The highest BCUT2D eigenvalue weighted by Crippen LogP contribution is 2.58. The molecule has 6 rings (SSSR count). The zero-order valence-corrected chi connectivity index (χ0v) is 18.3. The summed E-state index contributed by atoms with van der Waals surface area (Å²) in [5.41, 5.74) is 7.53. The number of aryl methyl sites for hydroxylation is 2. The van der Waals surface area contributed by atoms with Crippen molar-refractivity contribution in [3.05, 3.63) is 65.0 Å². The number of benzene rings is 1. The maximum Gasteiger partial charge on any atom is 0.197 e. The molecule has 0 amide bonds. The average Bonchev–Trinajstić information content (AvgIpc) is 3.46. The Morgan fingerprint density at radius 2 is 1.71 bits per heavy atom. The Bertz CT molecular complexity index is 1130. The molecule has 31 heavy (non-hydrogen) atoms. The van der Waals surface area contributed by atoms with E-state index in [0.717, 1.165) is 17.3 Å². The minimum atomic E-state index is -0.254. The molecule has 2 aromatic heterocycles. The number of nitrogens with zero attached hydrogens (tertiary/aromatic N) is 2. The fourth-order valence-corrected chi connectivity index (χ4v) is 5.73. The van der Waals surface area contributed by atoms with E-state index in [1.54, 1.807) is 0 Å². The fraction of sp³-hybridized carbons (Fsp3) is 0.423. The minimum absolute atomic E-state index is 0.122. The van der Waals surface area contributed by atoms with Gasteiger partial charge in [0.25, 0.3) is 0 Å². The van der Waals surface area contributed by atoms with E-state index in [-0.39, 0.29) is 12.6 Å². The summed E-state index contributed by atoms with van der Waals surface area (Å²) >= 11 is 0. The smallest absolute Gasteiger partial charge is 0.197 e. The molecule has 0 N–H and O–H groups in total. The van der Waals surface area contributed by atoms with Gasteiger partial charge in [-0.3, -0.25) is 0 Å². The van der Waals surface area contributed by atoms with Gasteiger partial charge >= 0.3 is 0 Å². The van der Waals surface area contributed by atoms with Crippen LogP contribution in [0.1, 0.15) is 60.5 Å². The van der Waals surface area contributed by atoms with Crippen LogP contribution < -0.4 is 4.74 Å². The summed E-state index contributed by atoms with van der Waals surface area (Å²) in [7, 11) is 0. The molecule has 1 saturated carbocycles. The Hall–Kier alpha value is -2.63. The number of hydrogen-bond donors (Lipinski definition) is 0. The van der Waals surface area contributed by atoms with Crippen LogP contribution in [-0.2, 0) is 9.47 Å². The molecule has 3 aromatic rings. The maximum absolute atomic E-state index is 6.18. The second-order valence-electron chi connectivity index (χ2n) is 9.06. The molecule has 5 heteroatoms. The SMILES string of the molecule is Cc1ccc(C)n1-c1cccc(-c2ccc(OCC3OC(C)O3)c3c2C2CCC3C2)n1. The Kier molecular flexibility index (Phi) is 4.44. The Morgan fingerprint density at radius 1 is 0.968 bits per heavy atom. The van der Waals surface area contributed by atoms with Crippen molar-refractivity contribution in [1.82, 2.24) is 9.55 Å². The lowest BCUT2D eigenvalue weighted by Gasteiger charge is -2.33. The van der Waals surface area contributed by atoms with Crippen molar-refractivity contribution in [2.24, 2.45) is 0 Å². The van der Waals surface area contributed by atoms with Crippen molar-refractivity contribution >= 4 is 0 Å². The van der Waals surface area contributed by atoms with E-state index in [0.29, 0.717) is 18.4 Å². The number of hydrogen-bond acceptors (Lipinski definition) is 4. The predicted octanol–water partition coefficient (Wildman–Crippen LogP) is 5.62. The van der Waals surface area contributed by atoms with Crippen LogP contribution in [0.25, 0.3) is 17.1 Å². The number of fused-ring (bicyclic) bond motifs is 5. The third-order valence-electron chi connectivity index (χ3n) is 7.07. The van der Waals surface area contributed by atoms with Gasteiger partial charge in [-0.2, -0.15) is 0 Å². The van der Waals surface area contributed by atoms with Crippen LogP contribution >= 0.6 is 0 Å². The fourth-order valence-electron chi connectivity index (χ4n) is 5.73. The Labute approximate surface area is 183 Å². The van der Waals surface area contributed by atoms with Gasteiger partial charge in [0.05, 0.1) is 5.69 Å². The molecule has 160 valence electrons. The van der Waals surface area contributed by atoms with Gasteiger partial charge in [0.2, 0.25) is 0 Å². The number of ether oxygens (including phenoxy) is 3. The summed E-state index contributed by atoms with van der Waals surface area (Å²) in [6, 6.07) is 14.9. The molecule has 2 atom stereocenters. The van der Waals surface area contributed by atoms with Crippen molar-refractivity contribution in [2.75, 3.05) is 6.61 Å². The zero-order valence-electron chi connectivity index (χ0n) is 18.3. The van der Waals surface area contributed by atoms with E-state index in [4.69, 9.17) is 19.2 Å². The van der Waals surface area contributed by atoms with Crippen LogP contribution in [0.2, 0.25) is 0 Å². The first-order valence-electron chi connectivity index (χ1n) is 11.3. The van der Waals surface area contributed by atoms with Gasteiger partial charge < -0.3 is 18.8 Å². The highest BCUT2D eigenvalue weighted by Gasteiger charge is 2.41. The van der Waals surface area contributed by atoms with E-state index in [1.165, 1.54) is 47.3 Å². The second-order valence-corrected chi connectivity index (χ2v) is 9.06. The van der Waals surface area contributed by atoms with E-state index in [9.17, 15) is 0 Å². The Morgan fingerprint density at radius 3 is 2.45 bits per heavy atom. The molecule has 2 fully saturated rings. The zero-order chi connectivity index (χ0) is 21.1. The molecule has 5 nitrogen and oxygen atoms in total.